The van der Waals surface area contributed by atoms with Crippen LogP contribution in [0.2, 0.25) is 5.02 Å². The van der Waals surface area contributed by atoms with Crippen molar-refractivity contribution in [1.29, 1.82) is 0 Å². The van der Waals surface area contributed by atoms with E-state index in [1.54, 1.807) is 24.3 Å². The zero-order chi connectivity index (χ0) is 12.3. The highest BCUT2D eigenvalue weighted by Gasteiger charge is 2.41. The van der Waals surface area contributed by atoms with E-state index in [0.29, 0.717) is 17.9 Å². The molecule has 1 aliphatic rings. The first-order valence-corrected chi connectivity index (χ1v) is 5.53. The minimum atomic E-state index is -0.825. The zero-order valence-corrected chi connectivity index (χ0v) is 9.72. The normalized spacial score (nSPS) is 23.0. The molecule has 2 rings (SSSR count). The molecule has 0 bridgehead atoms. The maximum Gasteiger partial charge on any atom is 0.306 e. The van der Waals surface area contributed by atoms with Gasteiger partial charge in [0.15, 0.2) is 0 Å². The summed E-state index contributed by atoms with van der Waals surface area (Å²) >= 11 is 5.81. The van der Waals surface area contributed by atoms with Gasteiger partial charge in [-0.05, 0) is 23.2 Å². The van der Waals surface area contributed by atoms with Gasteiger partial charge in [-0.2, -0.15) is 0 Å². The van der Waals surface area contributed by atoms with Crippen molar-refractivity contribution >= 4 is 17.6 Å². The molecule has 0 spiro atoms. The van der Waals surface area contributed by atoms with Crippen LogP contribution in [-0.2, 0) is 15.1 Å². The molecule has 6 heteroatoms. The SMILES string of the molecule is [N-]=[N+]=NCC1(c2ccc(Cl)cc2)CCC(=O)O1. The number of ether oxygens (including phenoxy) is 1. The summed E-state index contributed by atoms with van der Waals surface area (Å²) in [6, 6.07) is 7.02. The summed E-state index contributed by atoms with van der Waals surface area (Å²) in [5.41, 5.74) is 8.37. The van der Waals surface area contributed by atoms with Gasteiger partial charge in [0.2, 0.25) is 0 Å². The van der Waals surface area contributed by atoms with E-state index >= 15 is 0 Å². The van der Waals surface area contributed by atoms with E-state index in [-0.39, 0.29) is 12.5 Å². The van der Waals surface area contributed by atoms with Gasteiger partial charge in [0.05, 0.1) is 6.54 Å². The summed E-state index contributed by atoms with van der Waals surface area (Å²) in [5, 5.41) is 4.14. The minimum Gasteiger partial charge on any atom is -0.454 e. The molecule has 0 aromatic heterocycles. The van der Waals surface area contributed by atoms with Gasteiger partial charge in [0, 0.05) is 22.8 Å². The number of hydrogen-bond acceptors (Lipinski definition) is 3. The van der Waals surface area contributed by atoms with E-state index in [1.165, 1.54) is 0 Å². The van der Waals surface area contributed by atoms with E-state index in [9.17, 15) is 4.79 Å². The number of nitrogens with zero attached hydrogens (tertiary/aromatic N) is 3. The minimum absolute atomic E-state index is 0.108. The molecule has 0 amide bonds. The molecule has 88 valence electrons. The van der Waals surface area contributed by atoms with E-state index in [0.717, 1.165) is 5.56 Å². The summed E-state index contributed by atoms with van der Waals surface area (Å²) < 4.78 is 5.33. The lowest BCUT2D eigenvalue weighted by Gasteiger charge is -2.26. The van der Waals surface area contributed by atoms with Crippen LogP contribution in [0.3, 0.4) is 0 Å². The van der Waals surface area contributed by atoms with E-state index in [2.05, 4.69) is 10.0 Å². The van der Waals surface area contributed by atoms with E-state index in [1.807, 2.05) is 0 Å². The molecule has 0 N–H and O–H groups in total. The number of esters is 1. The second kappa shape index (κ2) is 4.65. The van der Waals surface area contributed by atoms with Crippen molar-refractivity contribution < 1.29 is 9.53 Å². The van der Waals surface area contributed by atoms with Crippen LogP contribution in [0.25, 0.3) is 10.4 Å². The molecule has 1 unspecified atom stereocenters. The molecule has 1 heterocycles. The third-order valence-corrected chi connectivity index (χ3v) is 3.05. The van der Waals surface area contributed by atoms with Gasteiger partial charge >= 0.3 is 5.97 Å². The largest absolute Gasteiger partial charge is 0.454 e. The first kappa shape index (κ1) is 11.8. The van der Waals surface area contributed by atoms with Gasteiger partial charge in [-0.1, -0.05) is 28.8 Å². The lowest BCUT2D eigenvalue weighted by Crippen LogP contribution is -2.29. The van der Waals surface area contributed by atoms with Crippen molar-refractivity contribution in [2.45, 2.75) is 18.4 Å². The smallest absolute Gasteiger partial charge is 0.306 e. The Labute approximate surface area is 103 Å². The summed E-state index contributed by atoms with van der Waals surface area (Å²) in [5.74, 6) is -0.270. The second-order valence-corrected chi connectivity index (χ2v) is 4.30. The maximum atomic E-state index is 11.3. The lowest BCUT2D eigenvalue weighted by atomic mass is 9.91. The Hall–Kier alpha value is -1.71. The number of halogens is 1. The molecule has 1 saturated heterocycles. The fourth-order valence-corrected chi connectivity index (χ4v) is 2.06. The first-order chi connectivity index (χ1) is 8.16. The number of azide groups is 1. The van der Waals surface area contributed by atoms with Gasteiger partial charge in [0.25, 0.3) is 0 Å². The number of carbonyl (C=O) groups is 1. The fourth-order valence-electron chi connectivity index (χ4n) is 1.93. The van der Waals surface area contributed by atoms with Crippen LogP contribution in [0, 0.1) is 0 Å². The van der Waals surface area contributed by atoms with Crippen molar-refractivity contribution in [3.63, 3.8) is 0 Å². The van der Waals surface area contributed by atoms with Crippen molar-refractivity contribution in [2.75, 3.05) is 6.54 Å². The van der Waals surface area contributed by atoms with Gasteiger partial charge in [0.1, 0.15) is 5.60 Å². The molecular weight excluding hydrogens is 242 g/mol. The second-order valence-electron chi connectivity index (χ2n) is 3.86. The van der Waals surface area contributed by atoms with Crippen LogP contribution in [0.4, 0.5) is 0 Å². The Bertz CT molecular complexity index is 482. The Morgan fingerprint density at radius 3 is 2.71 bits per heavy atom. The van der Waals surface area contributed by atoms with E-state index in [4.69, 9.17) is 21.9 Å². The third kappa shape index (κ3) is 2.35. The fraction of sp³-hybridized carbons (Fsp3) is 0.364. The molecule has 5 nitrogen and oxygen atoms in total. The highest BCUT2D eigenvalue weighted by atomic mass is 35.5. The van der Waals surface area contributed by atoms with Crippen LogP contribution >= 0.6 is 11.6 Å². The number of hydrogen-bond donors (Lipinski definition) is 0. The highest BCUT2D eigenvalue weighted by molar-refractivity contribution is 6.30. The molecule has 1 atom stereocenters. The Morgan fingerprint density at radius 1 is 1.47 bits per heavy atom. The van der Waals surface area contributed by atoms with Crippen molar-refractivity contribution in [1.82, 2.24) is 0 Å². The van der Waals surface area contributed by atoms with Crippen LogP contribution in [0.5, 0.6) is 0 Å². The highest BCUT2D eigenvalue weighted by Crippen LogP contribution is 2.37. The van der Waals surface area contributed by atoms with Gasteiger partial charge in [-0.25, -0.2) is 0 Å². The van der Waals surface area contributed by atoms with Crippen LogP contribution < -0.4 is 0 Å². The molecule has 1 aromatic carbocycles. The summed E-state index contributed by atoms with van der Waals surface area (Å²) in [6.07, 6.45) is 0.857. The molecule has 0 radical (unpaired) electrons. The lowest BCUT2D eigenvalue weighted by molar-refractivity contribution is -0.148. The number of cyclic esters (lactones) is 1. The van der Waals surface area contributed by atoms with Crippen LogP contribution in [0.1, 0.15) is 18.4 Å². The Kier molecular flexibility index (Phi) is 3.22. The maximum absolute atomic E-state index is 11.3. The standard InChI is InChI=1S/C11H10ClN3O2/c12-9-3-1-8(2-4-9)11(7-14-15-13)6-5-10(16)17-11/h1-4H,5-7H2. The monoisotopic (exact) mass is 251 g/mol. The quantitative estimate of drug-likeness (QED) is 0.358. The zero-order valence-electron chi connectivity index (χ0n) is 8.97. The predicted octanol–water partition coefficient (Wildman–Crippen LogP) is 3.18. The summed E-state index contributed by atoms with van der Waals surface area (Å²) in [7, 11) is 0. The number of benzene rings is 1. The molecular formula is C11H10ClN3O2. The van der Waals surface area contributed by atoms with Gasteiger partial charge in [-0.3, -0.25) is 4.79 Å². The van der Waals surface area contributed by atoms with Crippen LogP contribution in [-0.4, -0.2) is 12.5 Å². The molecule has 0 aliphatic carbocycles. The van der Waals surface area contributed by atoms with Crippen LogP contribution in [0.15, 0.2) is 29.4 Å². The Morgan fingerprint density at radius 2 is 2.18 bits per heavy atom. The molecule has 1 aromatic rings. The average Bonchev–Trinajstić information content (AvgIpc) is 2.70. The van der Waals surface area contributed by atoms with Gasteiger partial charge < -0.3 is 4.74 Å². The Balaban J connectivity index is 2.36. The van der Waals surface area contributed by atoms with Crippen molar-refractivity contribution in [3.05, 3.63) is 45.3 Å². The van der Waals surface area contributed by atoms with Crippen molar-refractivity contribution in [3.8, 4) is 0 Å². The van der Waals surface area contributed by atoms with Crippen molar-refractivity contribution in [2.24, 2.45) is 5.11 Å². The summed E-state index contributed by atoms with van der Waals surface area (Å²) in [4.78, 5) is 14.0. The molecule has 17 heavy (non-hydrogen) atoms. The number of carbonyl (C=O) groups excluding carboxylic acids is 1. The topological polar surface area (TPSA) is 75.1 Å². The first-order valence-electron chi connectivity index (χ1n) is 5.15. The predicted molar refractivity (Wildman–Crippen MR) is 62.5 cm³/mol. The van der Waals surface area contributed by atoms with Gasteiger partial charge in [-0.15, -0.1) is 0 Å². The third-order valence-electron chi connectivity index (χ3n) is 2.80. The van der Waals surface area contributed by atoms with E-state index < -0.39 is 5.60 Å². The average molecular weight is 252 g/mol. The molecule has 1 aliphatic heterocycles. The molecule has 0 saturated carbocycles. The summed E-state index contributed by atoms with van der Waals surface area (Å²) in [6.45, 7) is 0.108. The number of rotatable bonds is 3. The molecule has 1 fully saturated rings.